The van der Waals surface area contributed by atoms with E-state index in [2.05, 4.69) is 48.2 Å². The highest BCUT2D eigenvalue weighted by Crippen LogP contribution is 2.15. The van der Waals surface area contributed by atoms with Crippen LogP contribution in [0.5, 0.6) is 5.75 Å². The van der Waals surface area contributed by atoms with Gasteiger partial charge in [0.15, 0.2) is 5.11 Å². The van der Waals surface area contributed by atoms with Gasteiger partial charge in [-0.1, -0.05) is 0 Å². The van der Waals surface area contributed by atoms with Gasteiger partial charge in [0, 0.05) is 18.8 Å². The molecule has 0 saturated carbocycles. The molecule has 136 valence electrons. The van der Waals surface area contributed by atoms with E-state index in [1.54, 1.807) is 7.11 Å². The second kappa shape index (κ2) is 11.2. The van der Waals surface area contributed by atoms with Crippen LogP contribution >= 0.6 is 12.2 Å². The monoisotopic (exact) mass is 352 g/mol. The summed E-state index contributed by atoms with van der Waals surface area (Å²) in [5, 5.41) is 4.13. The fraction of sp³-hybridized carbons (Fsp3) is 0.611. The Labute approximate surface area is 152 Å². The highest BCUT2D eigenvalue weighted by molar-refractivity contribution is 7.80. The van der Waals surface area contributed by atoms with Crippen molar-refractivity contribution in [2.75, 3.05) is 66.8 Å². The van der Waals surface area contributed by atoms with Gasteiger partial charge in [-0.15, -0.1) is 0 Å². The maximum Gasteiger partial charge on any atom is 0.173 e. The van der Waals surface area contributed by atoms with Crippen molar-refractivity contribution in [3.05, 3.63) is 24.3 Å². The minimum absolute atomic E-state index is 0.790. The molecule has 0 bridgehead atoms. The Balaban J connectivity index is 2.58. The van der Waals surface area contributed by atoms with E-state index in [0.29, 0.717) is 0 Å². The van der Waals surface area contributed by atoms with Gasteiger partial charge >= 0.3 is 0 Å². The molecule has 5 nitrogen and oxygen atoms in total. The maximum absolute atomic E-state index is 5.63. The number of thiocarbonyl (C=S) groups is 1. The zero-order chi connectivity index (χ0) is 17.9. The first kappa shape index (κ1) is 20.7. The fourth-order valence-electron chi connectivity index (χ4n) is 2.35. The van der Waals surface area contributed by atoms with Crippen LogP contribution in [0, 0.1) is 0 Å². The zero-order valence-electron chi connectivity index (χ0n) is 15.7. The van der Waals surface area contributed by atoms with Crippen LogP contribution in [0.4, 0.5) is 5.69 Å². The quantitative estimate of drug-likeness (QED) is 0.652. The number of nitrogens with one attached hydrogen (secondary N) is 1. The fourth-order valence-corrected chi connectivity index (χ4v) is 2.65. The predicted octanol–water partition coefficient (Wildman–Crippen LogP) is 2.60. The molecule has 0 aliphatic rings. The van der Waals surface area contributed by atoms with Crippen molar-refractivity contribution in [1.29, 1.82) is 0 Å². The lowest BCUT2D eigenvalue weighted by atomic mass is 10.3. The molecular weight excluding hydrogens is 320 g/mol. The number of benzene rings is 1. The first-order valence-electron chi connectivity index (χ1n) is 8.42. The average molecular weight is 353 g/mol. The average Bonchev–Trinajstić information content (AvgIpc) is 2.53. The van der Waals surface area contributed by atoms with Crippen LogP contribution in [-0.4, -0.2) is 81.3 Å². The van der Waals surface area contributed by atoms with Crippen LogP contribution in [0.15, 0.2) is 24.3 Å². The van der Waals surface area contributed by atoms with Crippen LogP contribution in [-0.2, 0) is 0 Å². The van der Waals surface area contributed by atoms with Gasteiger partial charge in [-0.05, 0) is 90.6 Å². The lowest BCUT2D eigenvalue weighted by Crippen LogP contribution is -2.38. The van der Waals surface area contributed by atoms with Crippen LogP contribution < -0.4 is 10.1 Å². The molecule has 0 aliphatic heterocycles. The van der Waals surface area contributed by atoms with Crippen LogP contribution in [0.3, 0.4) is 0 Å². The SMILES string of the molecule is COc1ccc(NC(=S)N(CCCN(C)C)CCCN(C)C)cc1. The Hall–Kier alpha value is -1.37. The number of ether oxygens (including phenoxy) is 1. The number of anilines is 1. The Morgan fingerprint density at radius 2 is 1.42 bits per heavy atom. The molecule has 0 aliphatic carbocycles. The third-order valence-corrected chi connectivity index (χ3v) is 4.06. The minimum atomic E-state index is 0.790. The molecule has 24 heavy (non-hydrogen) atoms. The second-order valence-electron chi connectivity index (χ2n) is 6.46. The van der Waals surface area contributed by atoms with E-state index >= 15 is 0 Å². The van der Waals surface area contributed by atoms with E-state index in [4.69, 9.17) is 17.0 Å². The molecule has 1 aromatic rings. The molecule has 0 heterocycles. The van der Waals surface area contributed by atoms with Crippen LogP contribution in [0.25, 0.3) is 0 Å². The van der Waals surface area contributed by atoms with E-state index < -0.39 is 0 Å². The Morgan fingerprint density at radius 1 is 0.917 bits per heavy atom. The third kappa shape index (κ3) is 8.47. The molecule has 0 aromatic heterocycles. The number of hydrogen-bond acceptors (Lipinski definition) is 4. The summed E-state index contributed by atoms with van der Waals surface area (Å²) in [4.78, 5) is 6.68. The second-order valence-corrected chi connectivity index (χ2v) is 6.85. The first-order chi connectivity index (χ1) is 11.4. The van der Waals surface area contributed by atoms with Crippen molar-refractivity contribution >= 4 is 23.0 Å². The summed E-state index contributed by atoms with van der Waals surface area (Å²) in [6.07, 6.45) is 2.19. The van der Waals surface area contributed by atoms with Crippen molar-refractivity contribution in [2.24, 2.45) is 0 Å². The van der Waals surface area contributed by atoms with Crippen molar-refractivity contribution in [3.8, 4) is 5.75 Å². The first-order valence-corrected chi connectivity index (χ1v) is 8.82. The molecular formula is C18H32N4OS. The van der Waals surface area contributed by atoms with Crippen LogP contribution in [0.2, 0.25) is 0 Å². The smallest absolute Gasteiger partial charge is 0.173 e. The Bertz CT molecular complexity index is 462. The maximum atomic E-state index is 5.63. The third-order valence-electron chi connectivity index (χ3n) is 3.70. The van der Waals surface area contributed by atoms with Crippen molar-refractivity contribution in [3.63, 3.8) is 0 Å². The van der Waals surface area contributed by atoms with E-state index in [1.165, 1.54) is 0 Å². The van der Waals surface area contributed by atoms with Gasteiger partial charge < -0.3 is 24.8 Å². The summed E-state index contributed by atoms with van der Waals surface area (Å²) in [5.74, 6) is 0.847. The summed E-state index contributed by atoms with van der Waals surface area (Å²) < 4.78 is 5.19. The van der Waals surface area contributed by atoms with Gasteiger partial charge in [0.05, 0.1) is 7.11 Å². The number of hydrogen-bond donors (Lipinski definition) is 1. The number of methoxy groups -OCH3 is 1. The van der Waals surface area contributed by atoms with Crippen molar-refractivity contribution < 1.29 is 4.74 Å². The number of rotatable bonds is 10. The van der Waals surface area contributed by atoms with Gasteiger partial charge in [-0.25, -0.2) is 0 Å². The molecule has 1 rings (SSSR count). The summed E-state index contributed by atoms with van der Waals surface area (Å²) in [5.41, 5.74) is 0.992. The van der Waals surface area contributed by atoms with Crippen LogP contribution in [0.1, 0.15) is 12.8 Å². The molecule has 0 saturated heterocycles. The molecule has 1 aromatic carbocycles. The Morgan fingerprint density at radius 3 is 1.83 bits per heavy atom. The van der Waals surface area contributed by atoms with Gasteiger partial charge in [0.2, 0.25) is 0 Å². The zero-order valence-corrected chi connectivity index (χ0v) is 16.5. The van der Waals surface area contributed by atoms with Crippen molar-refractivity contribution in [2.45, 2.75) is 12.8 Å². The number of nitrogens with zero attached hydrogens (tertiary/aromatic N) is 3. The molecule has 0 fully saturated rings. The molecule has 1 N–H and O–H groups in total. The van der Waals surface area contributed by atoms with Gasteiger partial charge in [0.25, 0.3) is 0 Å². The van der Waals surface area contributed by atoms with E-state index in [0.717, 1.165) is 55.6 Å². The molecule has 0 radical (unpaired) electrons. The highest BCUT2D eigenvalue weighted by Gasteiger charge is 2.10. The van der Waals surface area contributed by atoms with E-state index in [-0.39, 0.29) is 0 Å². The Kier molecular flexibility index (Phi) is 9.67. The van der Waals surface area contributed by atoms with Gasteiger partial charge in [-0.2, -0.15) is 0 Å². The summed E-state index contributed by atoms with van der Waals surface area (Å²) >= 11 is 5.63. The van der Waals surface area contributed by atoms with Gasteiger partial charge in [0.1, 0.15) is 5.75 Å². The van der Waals surface area contributed by atoms with Crippen molar-refractivity contribution in [1.82, 2.24) is 14.7 Å². The molecule has 0 unspecified atom stereocenters. The highest BCUT2D eigenvalue weighted by atomic mass is 32.1. The summed E-state index contributed by atoms with van der Waals surface area (Å²) in [7, 11) is 10.1. The summed E-state index contributed by atoms with van der Waals surface area (Å²) in [6, 6.07) is 7.85. The molecule has 6 heteroatoms. The largest absolute Gasteiger partial charge is 0.497 e. The van der Waals surface area contributed by atoms with Gasteiger partial charge in [-0.3, -0.25) is 0 Å². The topological polar surface area (TPSA) is 31.0 Å². The normalized spacial score (nSPS) is 11.0. The molecule has 0 atom stereocenters. The minimum Gasteiger partial charge on any atom is -0.497 e. The molecule has 0 spiro atoms. The van der Waals surface area contributed by atoms with E-state index in [1.807, 2.05) is 24.3 Å². The summed E-state index contributed by atoms with van der Waals surface area (Å²) in [6.45, 7) is 4.06. The lowest BCUT2D eigenvalue weighted by molar-refractivity contribution is 0.325. The predicted molar refractivity (Wildman–Crippen MR) is 107 cm³/mol. The van der Waals surface area contributed by atoms with E-state index in [9.17, 15) is 0 Å². The molecule has 0 amide bonds. The standard InChI is InChI=1S/C18H32N4OS/c1-20(2)12-6-14-22(15-7-13-21(3)4)18(24)19-16-8-10-17(23-5)11-9-16/h8-11H,6-7,12-15H2,1-5H3,(H,19,24). The lowest BCUT2D eigenvalue weighted by Gasteiger charge is -2.27.